The minimum Gasteiger partial charge on any atom is -0.389 e. The van der Waals surface area contributed by atoms with Crippen LogP contribution in [0.1, 0.15) is 29.7 Å². The van der Waals surface area contributed by atoms with Crippen molar-refractivity contribution in [2.45, 2.75) is 19.6 Å². The van der Waals surface area contributed by atoms with Crippen molar-refractivity contribution in [1.82, 2.24) is 0 Å². The third kappa shape index (κ3) is 3.17. The molecule has 102 valence electrons. The Morgan fingerprint density at radius 2 is 1.90 bits per heavy atom. The van der Waals surface area contributed by atoms with Crippen molar-refractivity contribution in [3.63, 3.8) is 0 Å². The molecule has 1 N–H and O–H groups in total. The Kier molecular flexibility index (Phi) is 4.39. The first-order valence-electron chi connectivity index (χ1n) is 6.59. The van der Waals surface area contributed by atoms with Gasteiger partial charge in [0.25, 0.3) is 0 Å². The summed E-state index contributed by atoms with van der Waals surface area (Å²) < 4.78 is 0. The second kappa shape index (κ2) is 6.23. The quantitative estimate of drug-likeness (QED) is 0.924. The lowest BCUT2D eigenvalue weighted by Crippen LogP contribution is -2.18. The van der Waals surface area contributed by atoms with E-state index >= 15 is 0 Å². The molecule has 3 nitrogen and oxygen atoms in total. The Hall–Kier alpha value is -2.31. The van der Waals surface area contributed by atoms with Crippen LogP contribution in [0.3, 0.4) is 0 Å². The summed E-state index contributed by atoms with van der Waals surface area (Å²) in [4.78, 5) is 2.05. The van der Waals surface area contributed by atoms with E-state index in [1.54, 1.807) is 13.0 Å². The summed E-state index contributed by atoms with van der Waals surface area (Å²) >= 11 is 0. The Labute approximate surface area is 119 Å². The van der Waals surface area contributed by atoms with Crippen molar-refractivity contribution in [3.05, 3.63) is 65.2 Å². The lowest BCUT2D eigenvalue weighted by Gasteiger charge is -2.24. The molecular weight excluding hydrogens is 248 g/mol. The molecule has 0 saturated heterocycles. The number of hydrogen-bond acceptors (Lipinski definition) is 3. The molecule has 2 aromatic rings. The molecule has 0 saturated carbocycles. The highest BCUT2D eigenvalue weighted by Crippen LogP contribution is 2.27. The summed E-state index contributed by atoms with van der Waals surface area (Å²) in [6.45, 7) is 2.47. The molecule has 0 radical (unpaired) electrons. The zero-order chi connectivity index (χ0) is 14.5. The van der Waals surface area contributed by atoms with E-state index < -0.39 is 6.10 Å². The van der Waals surface area contributed by atoms with Gasteiger partial charge in [-0.15, -0.1) is 0 Å². The van der Waals surface area contributed by atoms with E-state index in [1.165, 1.54) is 5.56 Å². The minimum absolute atomic E-state index is 0.559. The second-order valence-corrected chi connectivity index (χ2v) is 4.90. The van der Waals surface area contributed by atoms with Gasteiger partial charge in [0.2, 0.25) is 0 Å². The molecule has 1 atom stereocenters. The third-order valence-electron chi connectivity index (χ3n) is 3.28. The van der Waals surface area contributed by atoms with Gasteiger partial charge in [-0.3, -0.25) is 0 Å². The Balaban J connectivity index is 2.32. The van der Waals surface area contributed by atoms with Crippen LogP contribution in [-0.2, 0) is 6.54 Å². The van der Waals surface area contributed by atoms with E-state index in [0.29, 0.717) is 5.56 Å². The van der Waals surface area contributed by atoms with E-state index in [4.69, 9.17) is 5.26 Å². The fraction of sp³-hybridized carbons (Fsp3) is 0.235. The van der Waals surface area contributed by atoms with Gasteiger partial charge >= 0.3 is 0 Å². The Bertz CT molecular complexity index is 615. The lowest BCUT2D eigenvalue weighted by molar-refractivity contribution is 0.199. The summed E-state index contributed by atoms with van der Waals surface area (Å²) in [5.41, 5.74) is 3.52. The average Bonchev–Trinajstić information content (AvgIpc) is 2.47. The van der Waals surface area contributed by atoms with Crippen LogP contribution < -0.4 is 4.90 Å². The molecule has 0 fully saturated rings. The van der Waals surface area contributed by atoms with Gasteiger partial charge in [-0.1, -0.05) is 36.4 Å². The van der Waals surface area contributed by atoms with Crippen molar-refractivity contribution in [3.8, 4) is 6.07 Å². The van der Waals surface area contributed by atoms with E-state index in [2.05, 4.69) is 23.1 Å². The molecule has 0 bridgehead atoms. The number of anilines is 1. The Morgan fingerprint density at radius 3 is 2.50 bits per heavy atom. The van der Waals surface area contributed by atoms with Crippen molar-refractivity contribution in [1.29, 1.82) is 5.26 Å². The number of aliphatic hydroxyl groups excluding tert-OH is 1. The number of nitrogens with zero attached hydrogens (tertiary/aromatic N) is 2. The zero-order valence-corrected chi connectivity index (χ0v) is 11.7. The maximum atomic E-state index is 9.87. The zero-order valence-electron chi connectivity index (χ0n) is 11.7. The number of nitriles is 1. The van der Waals surface area contributed by atoms with Crippen LogP contribution in [0.15, 0.2) is 48.5 Å². The first-order valence-corrected chi connectivity index (χ1v) is 6.59. The number of aliphatic hydroxyl groups is 1. The molecule has 0 aliphatic heterocycles. The fourth-order valence-electron chi connectivity index (χ4n) is 2.24. The van der Waals surface area contributed by atoms with Gasteiger partial charge in [-0.2, -0.15) is 5.26 Å². The van der Waals surface area contributed by atoms with Gasteiger partial charge in [0.1, 0.15) is 0 Å². The smallest absolute Gasteiger partial charge is 0.0992 e. The summed E-state index contributed by atoms with van der Waals surface area (Å²) in [6.07, 6.45) is -0.559. The summed E-state index contributed by atoms with van der Waals surface area (Å²) in [7, 11) is 1.97. The fourth-order valence-corrected chi connectivity index (χ4v) is 2.24. The monoisotopic (exact) mass is 266 g/mol. The summed E-state index contributed by atoms with van der Waals surface area (Å²) in [5, 5.41) is 18.9. The number of rotatable bonds is 4. The van der Waals surface area contributed by atoms with Crippen LogP contribution in [0.5, 0.6) is 0 Å². The maximum Gasteiger partial charge on any atom is 0.0992 e. The first-order chi connectivity index (χ1) is 9.61. The third-order valence-corrected chi connectivity index (χ3v) is 3.28. The molecule has 2 rings (SSSR count). The molecule has 0 aromatic heterocycles. The van der Waals surface area contributed by atoms with E-state index in [-0.39, 0.29) is 0 Å². The van der Waals surface area contributed by atoms with Crippen molar-refractivity contribution < 1.29 is 5.11 Å². The van der Waals surface area contributed by atoms with Crippen LogP contribution >= 0.6 is 0 Å². The molecule has 20 heavy (non-hydrogen) atoms. The van der Waals surface area contributed by atoms with Gasteiger partial charge in [0.05, 0.1) is 17.7 Å². The first kappa shape index (κ1) is 14.1. The normalized spacial score (nSPS) is 11.7. The number of benzene rings is 2. The van der Waals surface area contributed by atoms with Gasteiger partial charge in [-0.05, 0) is 24.6 Å². The van der Waals surface area contributed by atoms with Gasteiger partial charge in [-0.25, -0.2) is 0 Å². The highest BCUT2D eigenvalue weighted by Gasteiger charge is 2.13. The van der Waals surface area contributed by atoms with Crippen LogP contribution in [0.25, 0.3) is 0 Å². The highest BCUT2D eigenvalue weighted by atomic mass is 16.3. The number of hydrogen-bond donors (Lipinski definition) is 1. The van der Waals surface area contributed by atoms with E-state index in [9.17, 15) is 5.11 Å². The van der Waals surface area contributed by atoms with Gasteiger partial charge in [0, 0.05) is 24.8 Å². The molecule has 0 spiro atoms. The predicted octanol–water partition coefficient (Wildman–Crippen LogP) is 3.25. The predicted molar refractivity (Wildman–Crippen MR) is 80.3 cm³/mol. The van der Waals surface area contributed by atoms with E-state index in [0.717, 1.165) is 17.8 Å². The standard InChI is InChI=1S/C17H18N2O/c1-13(20)16-9-8-15(11-18)10-17(16)19(2)12-14-6-4-3-5-7-14/h3-10,13,20H,12H2,1-2H3. The van der Waals surface area contributed by atoms with Gasteiger partial charge in [0.15, 0.2) is 0 Å². The molecular formula is C17H18N2O. The minimum atomic E-state index is -0.559. The van der Waals surface area contributed by atoms with E-state index in [1.807, 2.05) is 37.4 Å². The summed E-state index contributed by atoms with van der Waals surface area (Å²) in [5.74, 6) is 0. The summed E-state index contributed by atoms with van der Waals surface area (Å²) in [6, 6.07) is 17.6. The molecule has 3 heteroatoms. The highest BCUT2D eigenvalue weighted by molar-refractivity contribution is 5.58. The van der Waals surface area contributed by atoms with Gasteiger partial charge < -0.3 is 10.0 Å². The molecule has 0 amide bonds. The largest absolute Gasteiger partial charge is 0.389 e. The van der Waals surface area contributed by atoms with Crippen molar-refractivity contribution >= 4 is 5.69 Å². The molecule has 0 heterocycles. The molecule has 0 aliphatic carbocycles. The topological polar surface area (TPSA) is 47.3 Å². The van der Waals surface area contributed by atoms with Crippen LogP contribution in [0, 0.1) is 11.3 Å². The lowest BCUT2D eigenvalue weighted by atomic mass is 10.0. The second-order valence-electron chi connectivity index (χ2n) is 4.90. The van der Waals surface area contributed by atoms with Crippen molar-refractivity contribution in [2.75, 3.05) is 11.9 Å². The Morgan fingerprint density at radius 1 is 1.20 bits per heavy atom. The van der Waals surface area contributed by atoms with Crippen LogP contribution in [-0.4, -0.2) is 12.2 Å². The van der Waals surface area contributed by atoms with Crippen LogP contribution in [0.4, 0.5) is 5.69 Å². The maximum absolute atomic E-state index is 9.87. The SMILES string of the molecule is CC(O)c1ccc(C#N)cc1N(C)Cc1ccccc1. The average molecular weight is 266 g/mol. The van der Waals surface area contributed by atoms with Crippen LogP contribution in [0.2, 0.25) is 0 Å². The molecule has 1 unspecified atom stereocenters. The van der Waals surface area contributed by atoms with Crippen molar-refractivity contribution in [2.24, 2.45) is 0 Å². The molecule has 0 aliphatic rings. The molecule has 2 aromatic carbocycles.